The second-order valence-corrected chi connectivity index (χ2v) is 3.99. The minimum absolute atomic E-state index is 0.150. The molecule has 0 heterocycles. The van der Waals surface area contributed by atoms with Gasteiger partial charge in [-0.2, -0.15) is 0 Å². The number of carboxylic acid groups (broad SMARTS) is 1. The van der Waals surface area contributed by atoms with Crippen molar-refractivity contribution in [2.45, 2.75) is 27.2 Å². The van der Waals surface area contributed by atoms with Gasteiger partial charge in [-0.25, -0.2) is 4.79 Å². The lowest BCUT2D eigenvalue weighted by Crippen LogP contribution is -2.15. The second-order valence-electron chi connectivity index (χ2n) is 3.99. The van der Waals surface area contributed by atoms with Gasteiger partial charge in [0.15, 0.2) is 0 Å². The number of hydrogen-bond acceptors (Lipinski definition) is 3. The van der Waals surface area contributed by atoms with Gasteiger partial charge in [0.2, 0.25) is 5.78 Å². The fourth-order valence-corrected chi connectivity index (χ4v) is 1.52. The Labute approximate surface area is 100.0 Å². The number of nitrogens with zero attached hydrogens (tertiary/aromatic N) is 1. The van der Waals surface area contributed by atoms with Gasteiger partial charge in [-0.05, 0) is 31.9 Å². The Morgan fingerprint density at radius 2 is 1.76 bits per heavy atom. The Balaban J connectivity index is 2.95. The van der Waals surface area contributed by atoms with Crippen LogP contribution in [0.5, 0.6) is 0 Å². The molecule has 4 heteroatoms. The van der Waals surface area contributed by atoms with Crippen LogP contribution in [0.3, 0.4) is 0 Å². The molecule has 0 aromatic heterocycles. The van der Waals surface area contributed by atoms with Gasteiger partial charge in [0.1, 0.15) is 0 Å². The first-order chi connectivity index (χ1) is 7.91. The SMILES string of the molecule is CC(CC(=O)C(=O)O)=Nc1c(C)cccc1C. The van der Waals surface area contributed by atoms with Crippen LogP contribution in [0.4, 0.5) is 5.69 Å². The summed E-state index contributed by atoms with van der Waals surface area (Å²) in [6.07, 6.45) is -0.150. The number of aliphatic imine (C=N–C) groups is 1. The monoisotopic (exact) mass is 233 g/mol. The molecule has 90 valence electrons. The van der Waals surface area contributed by atoms with Crippen molar-refractivity contribution in [3.05, 3.63) is 29.3 Å². The number of Topliss-reactive ketones (excluding diaryl/α,β-unsaturated/α-hetero) is 1. The normalized spacial score (nSPS) is 11.4. The van der Waals surface area contributed by atoms with E-state index in [-0.39, 0.29) is 6.42 Å². The quantitative estimate of drug-likeness (QED) is 0.641. The van der Waals surface area contributed by atoms with Crippen LogP contribution in [0.1, 0.15) is 24.5 Å². The summed E-state index contributed by atoms with van der Waals surface area (Å²) in [6, 6.07) is 5.79. The van der Waals surface area contributed by atoms with Gasteiger partial charge in [0, 0.05) is 5.71 Å². The molecule has 1 aromatic carbocycles. The summed E-state index contributed by atoms with van der Waals surface area (Å²) >= 11 is 0. The molecular weight excluding hydrogens is 218 g/mol. The zero-order chi connectivity index (χ0) is 13.0. The molecule has 1 aromatic rings. The molecule has 1 N–H and O–H groups in total. The summed E-state index contributed by atoms with van der Waals surface area (Å²) < 4.78 is 0. The van der Waals surface area contributed by atoms with Crippen molar-refractivity contribution in [2.24, 2.45) is 4.99 Å². The highest BCUT2D eigenvalue weighted by Gasteiger charge is 2.12. The third-order valence-corrected chi connectivity index (χ3v) is 2.40. The number of ketones is 1. The predicted molar refractivity (Wildman–Crippen MR) is 65.9 cm³/mol. The molecule has 0 aliphatic rings. The summed E-state index contributed by atoms with van der Waals surface area (Å²) in [5.74, 6) is -2.25. The number of benzene rings is 1. The molecule has 1 rings (SSSR count). The molecule has 0 spiro atoms. The van der Waals surface area contributed by atoms with E-state index in [0.717, 1.165) is 16.8 Å². The highest BCUT2D eigenvalue weighted by atomic mass is 16.4. The van der Waals surface area contributed by atoms with Crippen molar-refractivity contribution in [3.63, 3.8) is 0 Å². The molecule has 0 amide bonds. The Bertz CT molecular complexity index is 469. The van der Waals surface area contributed by atoms with Crippen LogP contribution in [0.15, 0.2) is 23.2 Å². The predicted octanol–water partition coefficient (Wildman–Crippen LogP) is 2.44. The number of aliphatic carboxylic acids is 1. The van der Waals surface area contributed by atoms with Crippen molar-refractivity contribution in [2.75, 3.05) is 0 Å². The topological polar surface area (TPSA) is 66.7 Å². The van der Waals surface area contributed by atoms with Crippen LogP contribution < -0.4 is 0 Å². The van der Waals surface area contributed by atoms with E-state index in [2.05, 4.69) is 4.99 Å². The maximum absolute atomic E-state index is 11.0. The van der Waals surface area contributed by atoms with Gasteiger partial charge in [-0.15, -0.1) is 0 Å². The standard InChI is InChI=1S/C13H15NO3/c1-8-5-4-6-9(2)12(8)14-10(3)7-11(15)13(16)17/h4-6H,7H2,1-3H3,(H,16,17). The molecule has 0 saturated carbocycles. The van der Waals surface area contributed by atoms with Crippen LogP contribution in [0.2, 0.25) is 0 Å². The van der Waals surface area contributed by atoms with E-state index in [4.69, 9.17) is 5.11 Å². The lowest BCUT2D eigenvalue weighted by molar-refractivity contribution is -0.148. The van der Waals surface area contributed by atoms with Crippen molar-refractivity contribution >= 4 is 23.2 Å². The molecule has 0 bridgehead atoms. The largest absolute Gasteiger partial charge is 0.475 e. The van der Waals surface area contributed by atoms with E-state index in [9.17, 15) is 9.59 Å². The Hall–Kier alpha value is -1.97. The molecule has 0 unspecified atom stereocenters. The third-order valence-electron chi connectivity index (χ3n) is 2.40. The zero-order valence-corrected chi connectivity index (χ0v) is 10.2. The van der Waals surface area contributed by atoms with E-state index in [0.29, 0.717) is 5.71 Å². The summed E-state index contributed by atoms with van der Waals surface area (Å²) in [5, 5.41) is 8.50. The Kier molecular flexibility index (Phi) is 4.15. The number of carboxylic acids is 1. The Morgan fingerprint density at radius 1 is 1.24 bits per heavy atom. The highest BCUT2D eigenvalue weighted by molar-refractivity contribution is 6.36. The number of rotatable bonds is 4. The number of hydrogen-bond donors (Lipinski definition) is 1. The van der Waals surface area contributed by atoms with E-state index < -0.39 is 11.8 Å². The fourth-order valence-electron chi connectivity index (χ4n) is 1.52. The lowest BCUT2D eigenvalue weighted by atomic mass is 10.1. The van der Waals surface area contributed by atoms with Crippen molar-refractivity contribution in [1.82, 2.24) is 0 Å². The first-order valence-corrected chi connectivity index (χ1v) is 5.28. The molecule has 0 aliphatic heterocycles. The zero-order valence-electron chi connectivity index (χ0n) is 10.2. The molecule has 0 aliphatic carbocycles. The van der Waals surface area contributed by atoms with Crippen LogP contribution >= 0.6 is 0 Å². The van der Waals surface area contributed by atoms with E-state index in [1.54, 1.807) is 6.92 Å². The van der Waals surface area contributed by atoms with Crippen LogP contribution in [-0.2, 0) is 9.59 Å². The maximum atomic E-state index is 11.0. The number of carbonyl (C=O) groups is 2. The van der Waals surface area contributed by atoms with Gasteiger partial charge in [0.05, 0.1) is 12.1 Å². The molecule has 4 nitrogen and oxygen atoms in total. The van der Waals surface area contributed by atoms with Gasteiger partial charge in [0.25, 0.3) is 0 Å². The summed E-state index contributed by atoms with van der Waals surface area (Å²) in [6.45, 7) is 5.52. The van der Waals surface area contributed by atoms with Gasteiger partial charge >= 0.3 is 5.97 Å². The molecule has 0 atom stereocenters. The highest BCUT2D eigenvalue weighted by Crippen LogP contribution is 2.23. The van der Waals surface area contributed by atoms with Gasteiger partial charge < -0.3 is 5.11 Å². The van der Waals surface area contributed by atoms with Crippen LogP contribution in [0, 0.1) is 13.8 Å². The van der Waals surface area contributed by atoms with Crippen LogP contribution in [0.25, 0.3) is 0 Å². The third kappa shape index (κ3) is 3.52. The fraction of sp³-hybridized carbons (Fsp3) is 0.308. The van der Waals surface area contributed by atoms with E-state index in [1.165, 1.54) is 0 Å². The van der Waals surface area contributed by atoms with Gasteiger partial charge in [-0.3, -0.25) is 9.79 Å². The smallest absolute Gasteiger partial charge is 0.372 e. The summed E-state index contributed by atoms with van der Waals surface area (Å²) in [7, 11) is 0. The van der Waals surface area contributed by atoms with Crippen LogP contribution in [-0.4, -0.2) is 22.6 Å². The lowest BCUT2D eigenvalue weighted by Gasteiger charge is -2.05. The number of aryl methyl sites for hydroxylation is 2. The number of carbonyl (C=O) groups excluding carboxylic acids is 1. The summed E-state index contributed by atoms with van der Waals surface area (Å²) in [4.78, 5) is 25.8. The van der Waals surface area contributed by atoms with E-state index >= 15 is 0 Å². The summed E-state index contributed by atoms with van der Waals surface area (Å²) in [5.41, 5.74) is 3.33. The second kappa shape index (κ2) is 5.39. The maximum Gasteiger partial charge on any atom is 0.372 e. The Morgan fingerprint density at radius 3 is 2.24 bits per heavy atom. The molecule has 0 fully saturated rings. The molecule has 17 heavy (non-hydrogen) atoms. The number of para-hydroxylation sites is 1. The van der Waals surface area contributed by atoms with E-state index in [1.807, 2.05) is 32.0 Å². The average molecular weight is 233 g/mol. The minimum Gasteiger partial charge on any atom is -0.475 e. The van der Waals surface area contributed by atoms with Crippen molar-refractivity contribution in [1.29, 1.82) is 0 Å². The first kappa shape index (κ1) is 13.1. The molecule has 0 saturated heterocycles. The van der Waals surface area contributed by atoms with Crippen molar-refractivity contribution < 1.29 is 14.7 Å². The van der Waals surface area contributed by atoms with Crippen molar-refractivity contribution in [3.8, 4) is 0 Å². The average Bonchev–Trinajstić information content (AvgIpc) is 2.23. The molecule has 0 radical (unpaired) electrons. The van der Waals surface area contributed by atoms with Gasteiger partial charge in [-0.1, -0.05) is 18.2 Å². The minimum atomic E-state index is -1.42. The molecular formula is C13H15NO3. The first-order valence-electron chi connectivity index (χ1n) is 5.28.